The summed E-state index contributed by atoms with van der Waals surface area (Å²) in [6.07, 6.45) is 1.67. The SMILES string of the molecule is CCCC(=O)N(Cc1ccc(Cl)cc1Cl)[C@H](CC)C(=O)NC(C)C. The standard InChI is InChI=1S/C18H26Cl2N2O2/c1-5-7-17(23)22(16(6-2)18(24)21-12(3)4)11-13-8-9-14(19)10-15(13)20/h8-10,12,16H,5-7,11H2,1-4H3,(H,21,24)/t16-/m1/s1. The maximum absolute atomic E-state index is 12.6. The number of nitrogens with one attached hydrogen (secondary N) is 1. The molecule has 1 N–H and O–H groups in total. The molecule has 0 aliphatic heterocycles. The first-order chi connectivity index (χ1) is 11.3. The third-order valence-corrected chi connectivity index (χ3v) is 4.22. The van der Waals surface area contributed by atoms with Gasteiger partial charge in [0.15, 0.2) is 0 Å². The second-order valence-electron chi connectivity index (χ2n) is 6.09. The minimum atomic E-state index is -0.516. The van der Waals surface area contributed by atoms with E-state index in [0.29, 0.717) is 29.4 Å². The minimum absolute atomic E-state index is 0.0220. The van der Waals surface area contributed by atoms with Crippen LogP contribution < -0.4 is 5.32 Å². The van der Waals surface area contributed by atoms with Crippen LogP contribution in [0.4, 0.5) is 0 Å². The lowest BCUT2D eigenvalue weighted by Gasteiger charge is -2.31. The van der Waals surface area contributed by atoms with Crippen LogP contribution in [0, 0.1) is 0 Å². The molecule has 134 valence electrons. The van der Waals surface area contributed by atoms with Gasteiger partial charge in [-0.3, -0.25) is 9.59 Å². The molecule has 0 radical (unpaired) electrons. The molecule has 0 unspecified atom stereocenters. The number of rotatable bonds is 8. The van der Waals surface area contributed by atoms with Gasteiger partial charge in [0.25, 0.3) is 0 Å². The van der Waals surface area contributed by atoms with Gasteiger partial charge in [-0.25, -0.2) is 0 Å². The van der Waals surface area contributed by atoms with Crippen molar-refractivity contribution >= 4 is 35.0 Å². The normalized spacial score (nSPS) is 12.1. The molecule has 0 aromatic heterocycles. The Kier molecular flexibility index (Phi) is 8.57. The second kappa shape index (κ2) is 9.90. The van der Waals surface area contributed by atoms with Crippen LogP contribution in [0.25, 0.3) is 0 Å². The van der Waals surface area contributed by atoms with Gasteiger partial charge >= 0.3 is 0 Å². The molecule has 1 rings (SSSR count). The zero-order chi connectivity index (χ0) is 18.3. The Balaban J connectivity index is 3.09. The van der Waals surface area contributed by atoms with Crippen LogP contribution in [0.1, 0.15) is 52.5 Å². The third-order valence-electron chi connectivity index (χ3n) is 3.64. The number of carbonyl (C=O) groups excluding carboxylic acids is 2. The van der Waals surface area contributed by atoms with Crippen molar-refractivity contribution in [3.8, 4) is 0 Å². The molecule has 4 nitrogen and oxygen atoms in total. The van der Waals surface area contributed by atoms with Gasteiger partial charge < -0.3 is 10.2 Å². The maximum Gasteiger partial charge on any atom is 0.243 e. The van der Waals surface area contributed by atoms with E-state index in [1.807, 2.05) is 27.7 Å². The molecule has 0 heterocycles. The summed E-state index contributed by atoms with van der Waals surface area (Å²) in [7, 11) is 0. The summed E-state index contributed by atoms with van der Waals surface area (Å²) in [5.41, 5.74) is 0.779. The first kappa shape index (κ1) is 20.8. The second-order valence-corrected chi connectivity index (χ2v) is 6.94. The van der Waals surface area contributed by atoms with Crippen LogP contribution in [-0.4, -0.2) is 28.8 Å². The predicted molar refractivity (Wildman–Crippen MR) is 99.3 cm³/mol. The number of carbonyl (C=O) groups is 2. The van der Waals surface area contributed by atoms with Gasteiger partial charge in [0.2, 0.25) is 11.8 Å². The van der Waals surface area contributed by atoms with Crippen LogP contribution in [0.3, 0.4) is 0 Å². The summed E-state index contributed by atoms with van der Waals surface area (Å²) in [5.74, 6) is -0.184. The van der Waals surface area contributed by atoms with Crippen molar-refractivity contribution in [1.29, 1.82) is 0 Å². The van der Waals surface area contributed by atoms with Crippen LogP contribution in [0.2, 0.25) is 10.0 Å². The van der Waals surface area contributed by atoms with Crippen molar-refractivity contribution in [2.24, 2.45) is 0 Å². The predicted octanol–water partition coefficient (Wildman–Crippen LogP) is 4.43. The zero-order valence-electron chi connectivity index (χ0n) is 14.7. The molecule has 0 bridgehead atoms. The molecule has 1 aromatic rings. The summed E-state index contributed by atoms with van der Waals surface area (Å²) in [4.78, 5) is 26.7. The quantitative estimate of drug-likeness (QED) is 0.733. The van der Waals surface area contributed by atoms with Gasteiger partial charge in [-0.2, -0.15) is 0 Å². The van der Waals surface area contributed by atoms with Crippen molar-refractivity contribution in [2.45, 2.75) is 65.6 Å². The highest BCUT2D eigenvalue weighted by molar-refractivity contribution is 6.35. The minimum Gasteiger partial charge on any atom is -0.352 e. The van der Waals surface area contributed by atoms with Crippen LogP contribution in [0.15, 0.2) is 18.2 Å². The molecular weight excluding hydrogens is 347 g/mol. The Morgan fingerprint density at radius 3 is 2.38 bits per heavy atom. The lowest BCUT2D eigenvalue weighted by atomic mass is 10.1. The van der Waals surface area contributed by atoms with Crippen LogP contribution in [0.5, 0.6) is 0 Å². The summed E-state index contributed by atoms with van der Waals surface area (Å²) >= 11 is 12.2. The van der Waals surface area contributed by atoms with Crippen molar-refractivity contribution in [3.63, 3.8) is 0 Å². The number of nitrogens with zero attached hydrogens (tertiary/aromatic N) is 1. The van der Waals surface area contributed by atoms with Crippen molar-refractivity contribution < 1.29 is 9.59 Å². The Bertz CT molecular complexity index is 576. The van der Waals surface area contributed by atoms with E-state index >= 15 is 0 Å². The smallest absolute Gasteiger partial charge is 0.243 e. The number of benzene rings is 1. The van der Waals surface area contributed by atoms with Gasteiger partial charge in [0, 0.05) is 29.1 Å². The molecule has 0 fully saturated rings. The molecular formula is C18H26Cl2N2O2. The molecule has 0 spiro atoms. The molecule has 0 saturated heterocycles. The molecule has 0 aliphatic rings. The van der Waals surface area contributed by atoms with E-state index in [0.717, 1.165) is 12.0 Å². The molecule has 6 heteroatoms. The summed E-state index contributed by atoms with van der Waals surface area (Å²) in [5, 5.41) is 3.93. The molecule has 0 saturated carbocycles. The van der Waals surface area contributed by atoms with Gasteiger partial charge in [-0.15, -0.1) is 0 Å². The van der Waals surface area contributed by atoms with E-state index in [1.54, 1.807) is 23.1 Å². The fraction of sp³-hybridized carbons (Fsp3) is 0.556. The van der Waals surface area contributed by atoms with E-state index in [-0.39, 0.29) is 17.9 Å². The van der Waals surface area contributed by atoms with Crippen molar-refractivity contribution in [3.05, 3.63) is 33.8 Å². The van der Waals surface area contributed by atoms with Gasteiger partial charge in [-0.1, -0.05) is 43.1 Å². The topological polar surface area (TPSA) is 49.4 Å². The molecule has 24 heavy (non-hydrogen) atoms. The largest absolute Gasteiger partial charge is 0.352 e. The number of hydrogen-bond donors (Lipinski definition) is 1. The van der Waals surface area contributed by atoms with Crippen LogP contribution in [-0.2, 0) is 16.1 Å². The maximum atomic E-state index is 12.6. The average molecular weight is 373 g/mol. The van der Waals surface area contributed by atoms with E-state index < -0.39 is 6.04 Å². The Hall–Kier alpha value is -1.26. The first-order valence-electron chi connectivity index (χ1n) is 8.33. The summed E-state index contributed by atoms with van der Waals surface area (Å²) < 4.78 is 0. The fourth-order valence-electron chi connectivity index (χ4n) is 2.49. The van der Waals surface area contributed by atoms with E-state index in [9.17, 15) is 9.59 Å². The van der Waals surface area contributed by atoms with E-state index in [1.165, 1.54) is 0 Å². The summed E-state index contributed by atoms with van der Waals surface area (Å²) in [6, 6.07) is 4.69. The molecule has 2 amide bonds. The Morgan fingerprint density at radius 2 is 1.88 bits per heavy atom. The highest BCUT2D eigenvalue weighted by Crippen LogP contribution is 2.24. The van der Waals surface area contributed by atoms with Gasteiger partial charge in [-0.05, 0) is 44.4 Å². The molecule has 0 aliphatic carbocycles. The highest BCUT2D eigenvalue weighted by atomic mass is 35.5. The van der Waals surface area contributed by atoms with E-state index in [4.69, 9.17) is 23.2 Å². The zero-order valence-corrected chi connectivity index (χ0v) is 16.2. The van der Waals surface area contributed by atoms with Gasteiger partial charge in [0.05, 0.1) is 0 Å². The number of hydrogen-bond acceptors (Lipinski definition) is 2. The highest BCUT2D eigenvalue weighted by Gasteiger charge is 2.28. The third kappa shape index (κ3) is 5.99. The monoisotopic (exact) mass is 372 g/mol. The average Bonchev–Trinajstić information content (AvgIpc) is 2.48. The first-order valence-corrected chi connectivity index (χ1v) is 9.09. The van der Waals surface area contributed by atoms with Crippen LogP contribution >= 0.6 is 23.2 Å². The van der Waals surface area contributed by atoms with E-state index in [2.05, 4.69) is 5.32 Å². The number of amides is 2. The Morgan fingerprint density at radius 1 is 1.21 bits per heavy atom. The Labute approximate surface area is 154 Å². The molecule has 1 aromatic carbocycles. The lowest BCUT2D eigenvalue weighted by molar-refractivity contribution is -0.141. The van der Waals surface area contributed by atoms with Crippen molar-refractivity contribution in [1.82, 2.24) is 10.2 Å². The molecule has 1 atom stereocenters. The van der Waals surface area contributed by atoms with Gasteiger partial charge in [0.1, 0.15) is 6.04 Å². The number of halogens is 2. The van der Waals surface area contributed by atoms with Crippen molar-refractivity contribution in [2.75, 3.05) is 0 Å². The summed E-state index contributed by atoms with van der Waals surface area (Å²) in [6.45, 7) is 7.94. The lowest BCUT2D eigenvalue weighted by Crippen LogP contribution is -2.50. The fourth-order valence-corrected chi connectivity index (χ4v) is 2.96.